The monoisotopic (exact) mass is 407 g/mol. The second-order valence-corrected chi connectivity index (χ2v) is 6.17. The number of hydrogen-bond donors (Lipinski definition) is 1. The summed E-state index contributed by atoms with van der Waals surface area (Å²) in [6, 6.07) is 19.7. The molecule has 0 saturated heterocycles. The van der Waals surface area contributed by atoms with Crippen LogP contribution in [-0.2, 0) is 6.61 Å². The standard InChI is InChI=1S/C21H19ClFNO2.ClH/c22-18-10-17(11-19(23)13-18)16-6-7-20(25-9-8-24)21(12-16)26-14-15-4-2-1-3-5-15;/h1-7,10-13H,8-9,14,24H2;1H. The SMILES string of the molecule is Cl.NCCOc1ccc(-c2cc(F)cc(Cl)c2)cc1OCc1ccccc1. The highest BCUT2D eigenvalue weighted by molar-refractivity contribution is 6.30. The number of rotatable bonds is 7. The summed E-state index contributed by atoms with van der Waals surface area (Å²) in [5.41, 5.74) is 8.02. The summed E-state index contributed by atoms with van der Waals surface area (Å²) in [6.07, 6.45) is 0. The van der Waals surface area contributed by atoms with E-state index >= 15 is 0 Å². The van der Waals surface area contributed by atoms with Crippen LogP contribution in [0.5, 0.6) is 11.5 Å². The van der Waals surface area contributed by atoms with Crippen molar-refractivity contribution in [2.24, 2.45) is 5.73 Å². The van der Waals surface area contributed by atoms with Gasteiger partial charge in [0.25, 0.3) is 0 Å². The molecule has 0 radical (unpaired) electrons. The lowest BCUT2D eigenvalue weighted by Crippen LogP contribution is -2.11. The third kappa shape index (κ3) is 5.86. The Kier molecular flexibility index (Phi) is 7.92. The van der Waals surface area contributed by atoms with E-state index < -0.39 is 0 Å². The Bertz CT molecular complexity index is 855. The normalized spacial score (nSPS) is 10.2. The Morgan fingerprint density at radius 2 is 1.63 bits per heavy atom. The van der Waals surface area contributed by atoms with Gasteiger partial charge in [0, 0.05) is 11.6 Å². The molecule has 3 nitrogen and oxygen atoms in total. The van der Waals surface area contributed by atoms with Gasteiger partial charge in [-0.2, -0.15) is 0 Å². The molecule has 0 saturated carbocycles. The molecule has 0 atom stereocenters. The van der Waals surface area contributed by atoms with E-state index in [-0.39, 0.29) is 18.2 Å². The second-order valence-electron chi connectivity index (χ2n) is 5.73. The van der Waals surface area contributed by atoms with E-state index in [0.29, 0.717) is 41.8 Å². The van der Waals surface area contributed by atoms with E-state index in [4.69, 9.17) is 26.8 Å². The first-order valence-corrected chi connectivity index (χ1v) is 8.63. The maximum atomic E-state index is 13.7. The highest BCUT2D eigenvalue weighted by Gasteiger charge is 2.10. The van der Waals surface area contributed by atoms with Gasteiger partial charge in [-0.15, -0.1) is 12.4 Å². The second kappa shape index (κ2) is 10.2. The molecule has 0 amide bonds. The maximum Gasteiger partial charge on any atom is 0.162 e. The Balaban J connectivity index is 0.00000261. The van der Waals surface area contributed by atoms with Crippen molar-refractivity contribution in [2.45, 2.75) is 6.61 Å². The smallest absolute Gasteiger partial charge is 0.162 e. The minimum absolute atomic E-state index is 0. The Hall–Kier alpha value is -2.27. The van der Waals surface area contributed by atoms with Gasteiger partial charge in [-0.1, -0.05) is 48.0 Å². The fraction of sp³-hybridized carbons (Fsp3) is 0.143. The molecule has 0 aliphatic rings. The van der Waals surface area contributed by atoms with Crippen LogP contribution in [0.4, 0.5) is 4.39 Å². The number of halogens is 3. The van der Waals surface area contributed by atoms with Crippen molar-refractivity contribution in [3.05, 3.63) is 83.1 Å². The van der Waals surface area contributed by atoms with Crippen molar-refractivity contribution in [2.75, 3.05) is 13.2 Å². The van der Waals surface area contributed by atoms with Crippen molar-refractivity contribution in [1.82, 2.24) is 0 Å². The molecular weight excluding hydrogens is 388 g/mol. The molecule has 6 heteroatoms. The van der Waals surface area contributed by atoms with Crippen LogP contribution in [0, 0.1) is 5.82 Å². The predicted molar refractivity (Wildman–Crippen MR) is 109 cm³/mol. The summed E-state index contributed by atoms with van der Waals surface area (Å²) in [7, 11) is 0. The minimum Gasteiger partial charge on any atom is -0.488 e. The molecule has 0 unspecified atom stereocenters. The fourth-order valence-electron chi connectivity index (χ4n) is 2.54. The lowest BCUT2D eigenvalue weighted by molar-refractivity contribution is 0.266. The van der Waals surface area contributed by atoms with E-state index in [0.717, 1.165) is 11.1 Å². The largest absolute Gasteiger partial charge is 0.488 e. The van der Waals surface area contributed by atoms with Gasteiger partial charge in [-0.25, -0.2) is 4.39 Å². The van der Waals surface area contributed by atoms with Crippen molar-refractivity contribution < 1.29 is 13.9 Å². The van der Waals surface area contributed by atoms with E-state index in [1.165, 1.54) is 12.1 Å². The molecule has 3 aromatic rings. The molecule has 0 aliphatic carbocycles. The molecule has 2 N–H and O–H groups in total. The van der Waals surface area contributed by atoms with Gasteiger partial charge < -0.3 is 15.2 Å². The number of nitrogens with two attached hydrogens (primary N) is 1. The first-order chi connectivity index (χ1) is 12.7. The molecule has 3 rings (SSSR count). The van der Waals surface area contributed by atoms with Crippen LogP contribution in [0.1, 0.15) is 5.56 Å². The zero-order valence-electron chi connectivity index (χ0n) is 14.5. The molecule has 0 heterocycles. The minimum atomic E-state index is -0.386. The maximum absolute atomic E-state index is 13.7. The summed E-state index contributed by atoms with van der Waals surface area (Å²) >= 11 is 5.97. The van der Waals surface area contributed by atoms with Crippen LogP contribution >= 0.6 is 24.0 Å². The van der Waals surface area contributed by atoms with Gasteiger partial charge in [-0.05, 0) is 47.0 Å². The van der Waals surface area contributed by atoms with Crippen molar-refractivity contribution in [3.8, 4) is 22.6 Å². The fourth-order valence-corrected chi connectivity index (χ4v) is 2.77. The first-order valence-electron chi connectivity index (χ1n) is 8.26. The van der Waals surface area contributed by atoms with E-state index in [1.54, 1.807) is 12.1 Å². The summed E-state index contributed by atoms with van der Waals surface area (Å²) in [4.78, 5) is 0. The molecule has 0 spiro atoms. The number of hydrogen-bond acceptors (Lipinski definition) is 3. The molecule has 0 bridgehead atoms. The molecular formula is C21H20Cl2FNO2. The van der Waals surface area contributed by atoms with Gasteiger partial charge in [-0.3, -0.25) is 0 Å². The quantitative estimate of drug-likeness (QED) is 0.563. The molecule has 0 fully saturated rings. The van der Waals surface area contributed by atoms with Crippen LogP contribution in [0.15, 0.2) is 66.7 Å². The molecule has 142 valence electrons. The van der Waals surface area contributed by atoms with Gasteiger partial charge in [0.15, 0.2) is 11.5 Å². The van der Waals surface area contributed by atoms with E-state index in [9.17, 15) is 4.39 Å². The Morgan fingerprint density at radius 1 is 0.852 bits per heavy atom. The van der Waals surface area contributed by atoms with E-state index in [1.807, 2.05) is 42.5 Å². The van der Waals surface area contributed by atoms with Crippen LogP contribution in [0.25, 0.3) is 11.1 Å². The van der Waals surface area contributed by atoms with Crippen molar-refractivity contribution in [1.29, 1.82) is 0 Å². The van der Waals surface area contributed by atoms with Crippen molar-refractivity contribution >= 4 is 24.0 Å². The lowest BCUT2D eigenvalue weighted by Gasteiger charge is -2.14. The average Bonchev–Trinajstić information content (AvgIpc) is 2.65. The highest BCUT2D eigenvalue weighted by atomic mass is 35.5. The van der Waals surface area contributed by atoms with Crippen LogP contribution in [0.3, 0.4) is 0 Å². The van der Waals surface area contributed by atoms with Gasteiger partial charge >= 0.3 is 0 Å². The highest BCUT2D eigenvalue weighted by Crippen LogP contribution is 2.34. The summed E-state index contributed by atoms with van der Waals surface area (Å²) in [5.74, 6) is 0.778. The molecule has 0 aliphatic heterocycles. The van der Waals surface area contributed by atoms with Gasteiger partial charge in [0.05, 0.1) is 0 Å². The average molecular weight is 408 g/mol. The third-order valence-corrected chi connectivity index (χ3v) is 3.97. The van der Waals surface area contributed by atoms with Crippen molar-refractivity contribution in [3.63, 3.8) is 0 Å². The number of benzene rings is 3. The molecule has 27 heavy (non-hydrogen) atoms. The Morgan fingerprint density at radius 3 is 2.33 bits per heavy atom. The van der Waals surface area contributed by atoms with Gasteiger partial charge in [0.2, 0.25) is 0 Å². The predicted octanol–water partition coefficient (Wildman–Crippen LogP) is 5.48. The summed E-state index contributed by atoms with van der Waals surface area (Å²) in [5, 5.41) is 0.343. The molecule has 0 aromatic heterocycles. The van der Waals surface area contributed by atoms with Crippen LogP contribution in [0.2, 0.25) is 5.02 Å². The third-order valence-electron chi connectivity index (χ3n) is 3.75. The Labute approximate surface area is 169 Å². The summed E-state index contributed by atoms with van der Waals surface area (Å²) in [6.45, 7) is 1.18. The summed E-state index contributed by atoms with van der Waals surface area (Å²) < 4.78 is 25.3. The van der Waals surface area contributed by atoms with Gasteiger partial charge in [0.1, 0.15) is 19.0 Å². The topological polar surface area (TPSA) is 44.5 Å². The van der Waals surface area contributed by atoms with Crippen LogP contribution < -0.4 is 15.2 Å². The zero-order chi connectivity index (χ0) is 18.4. The zero-order valence-corrected chi connectivity index (χ0v) is 16.1. The lowest BCUT2D eigenvalue weighted by atomic mass is 10.0. The first kappa shape index (κ1) is 21.0. The molecule has 3 aromatic carbocycles. The number of ether oxygens (including phenoxy) is 2. The van der Waals surface area contributed by atoms with E-state index in [2.05, 4.69) is 0 Å². The van der Waals surface area contributed by atoms with Crippen LogP contribution in [-0.4, -0.2) is 13.2 Å².